The Hall–Kier alpha value is -1.73. The molecule has 0 radical (unpaired) electrons. The molecule has 1 amide bonds. The predicted molar refractivity (Wildman–Crippen MR) is 101 cm³/mol. The summed E-state index contributed by atoms with van der Waals surface area (Å²) in [5.74, 6) is 0.539. The average Bonchev–Trinajstić information content (AvgIpc) is 2.81. The van der Waals surface area contributed by atoms with Crippen molar-refractivity contribution in [1.82, 2.24) is 14.9 Å². The van der Waals surface area contributed by atoms with E-state index in [4.69, 9.17) is 9.47 Å². The Morgan fingerprint density at radius 2 is 2.00 bits per heavy atom. The molecule has 1 aliphatic carbocycles. The molecule has 0 saturated carbocycles. The average molecular weight is 375 g/mol. The number of nitrogens with zero attached hydrogens (tertiary/aromatic N) is 3. The molecule has 4 rings (SSSR count). The van der Waals surface area contributed by atoms with Crippen LogP contribution in [0.1, 0.15) is 43.6 Å². The van der Waals surface area contributed by atoms with E-state index in [9.17, 15) is 4.79 Å². The van der Waals surface area contributed by atoms with Crippen molar-refractivity contribution in [3.8, 4) is 5.88 Å². The van der Waals surface area contributed by atoms with E-state index in [1.54, 1.807) is 11.3 Å². The fourth-order valence-electron chi connectivity index (χ4n) is 3.95. The minimum absolute atomic E-state index is 0.0101. The van der Waals surface area contributed by atoms with Gasteiger partial charge >= 0.3 is 0 Å². The molecule has 6 nitrogen and oxygen atoms in total. The summed E-state index contributed by atoms with van der Waals surface area (Å²) in [6, 6.07) is 0. The Balaban J connectivity index is 1.52. The third kappa shape index (κ3) is 3.55. The highest BCUT2D eigenvalue weighted by Gasteiger charge is 2.27. The van der Waals surface area contributed by atoms with Crippen LogP contribution >= 0.6 is 11.3 Å². The molecule has 2 aliphatic rings. The van der Waals surface area contributed by atoms with E-state index in [2.05, 4.69) is 9.97 Å². The second kappa shape index (κ2) is 7.48. The molecule has 0 bridgehead atoms. The molecule has 0 N–H and O–H groups in total. The lowest BCUT2D eigenvalue weighted by Gasteiger charge is -2.35. The van der Waals surface area contributed by atoms with Crippen LogP contribution in [-0.2, 0) is 22.4 Å². The quantitative estimate of drug-likeness (QED) is 0.772. The maximum atomic E-state index is 12.6. The van der Waals surface area contributed by atoms with Gasteiger partial charge in [0, 0.05) is 18.0 Å². The number of amides is 1. The molecule has 2 aromatic heterocycles. The van der Waals surface area contributed by atoms with Crippen LogP contribution in [0.5, 0.6) is 5.88 Å². The number of carbonyl (C=O) groups is 1. The Labute approximate surface area is 157 Å². The van der Waals surface area contributed by atoms with Gasteiger partial charge in [0.2, 0.25) is 5.88 Å². The van der Waals surface area contributed by atoms with Gasteiger partial charge in [0.05, 0.1) is 17.6 Å². The molecule has 3 heterocycles. The minimum atomic E-state index is -0.0138. The van der Waals surface area contributed by atoms with E-state index in [-0.39, 0.29) is 24.7 Å². The number of carbonyl (C=O) groups excluding carboxylic acids is 1. The van der Waals surface area contributed by atoms with Crippen LogP contribution < -0.4 is 4.74 Å². The summed E-state index contributed by atoms with van der Waals surface area (Å²) in [5.41, 5.74) is 1.33. The van der Waals surface area contributed by atoms with Gasteiger partial charge in [0.15, 0.2) is 6.61 Å². The van der Waals surface area contributed by atoms with Crippen molar-refractivity contribution in [2.45, 2.75) is 58.2 Å². The van der Waals surface area contributed by atoms with Crippen molar-refractivity contribution in [2.75, 3.05) is 19.7 Å². The zero-order chi connectivity index (χ0) is 18.1. The van der Waals surface area contributed by atoms with Crippen molar-refractivity contribution in [3.05, 3.63) is 16.8 Å². The van der Waals surface area contributed by atoms with E-state index < -0.39 is 0 Å². The number of fused-ring (bicyclic) bond motifs is 3. The third-order valence-corrected chi connectivity index (χ3v) is 6.27. The second-order valence-corrected chi connectivity index (χ2v) is 8.35. The molecular formula is C19H25N3O3S. The van der Waals surface area contributed by atoms with Crippen LogP contribution in [0, 0.1) is 0 Å². The van der Waals surface area contributed by atoms with Crippen molar-refractivity contribution in [1.29, 1.82) is 0 Å². The molecular weight excluding hydrogens is 350 g/mol. The summed E-state index contributed by atoms with van der Waals surface area (Å²) in [7, 11) is 0. The van der Waals surface area contributed by atoms with E-state index in [0.29, 0.717) is 19.0 Å². The maximum Gasteiger partial charge on any atom is 0.260 e. The van der Waals surface area contributed by atoms with E-state index in [0.717, 1.165) is 23.1 Å². The monoisotopic (exact) mass is 375 g/mol. The number of ether oxygens (including phenoxy) is 2. The van der Waals surface area contributed by atoms with Gasteiger partial charge in [0.25, 0.3) is 5.91 Å². The summed E-state index contributed by atoms with van der Waals surface area (Å²) in [6.45, 7) is 5.21. The first-order valence-corrected chi connectivity index (χ1v) is 10.2. The van der Waals surface area contributed by atoms with Crippen molar-refractivity contribution < 1.29 is 14.3 Å². The zero-order valence-electron chi connectivity index (χ0n) is 15.4. The highest BCUT2D eigenvalue weighted by atomic mass is 32.1. The van der Waals surface area contributed by atoms with Crippen LogP contribution in [0.3, 0.4) is 0 Å². The Morgan fingerprint density at radius 3 is 2.81 bits per heavy atom. The first kappa shape index (κ1) is 17.7. The summed E-state index contributed by atoms with van der Waals surface area (Å²) in [6.07, 6.45) is 7.49. The fourth-order valence-corrected chi connectivity index (χ4v) is 5.17. The van der Waals surface area contributed by atoms with Crippen molar-refractivity contribution >= 4 is 27.5 Å². The van der Waals surface area contributed by atoms with Crippen LogP contribution in [-0.4, -0.2) is 52.7 Å². The topological polar surface area (TPSA) is 64.6 Å². The lowest BCUT2D eigenvalue weighted by Crippen LogP contribution is -2.49. The standard InChI is InChI=1S/C19H25N3O3S/c1-12-8-22(9-13(2)25-12)16(23)10-24-18-17-14-6-4-3-5-7-15(14)26-19(17)21-11-20-18/h11-13H,3-10H2,1-2H3. The Kier molecular flexibility index (Phi) is 5.09. The molecule has 2 atom stereocenters. The van der Waals surface area contributed by atoms with Gasteiger partial charge in [-0.25, -0.2) is 9.97 Å². The Morgan fingerprint density at radius 1 is 1.23 bits per heavy atom. The lowest BCUT2D eigenvalue weighted by atomic mass is 10.1. The van der Waals surface area contributed by atoms with Gasteiger partial charge in [-0.05, 0) is 45.1 Å². The first-order chi connectivity index (χ1) is 12.6. The van der Waals surface area contributed by atoms with Gasteiger partial charge in [-0.2, -0.15) is 0 Å². The van der Waals surface area contributed by atoms with Gasteiger partial charge < -0.3 is 14.4 Å². The summed E-state index contributed by atoms with van der Waals surface area (Å²) in [5, 5.41) is 1.02. The number of hydrogen-bond donors (Lipinski definition) is 0. The van der Waals surface area contributed by atoms with Gasteiger partial charge in [-0.15, -0.1) is 11.3 Å². The molecule has 2 unspecified atom stereocenters. The summed E-state index contributed by atoms with van der Waals surface area (Å²) < 4.78 is 11.6. The second-order valence-electron chi connectivity index (χ2n) is 7.27. The number of aryl methyl sites for hydroxylation is 2. The SMILES string of the molecule is CC1CN(C(=O)COc2ncnc3sc4c(c23)CCCCC4)CC(C)O1. The largest absolute Gasteiger partial charge is 0.467 e. The normalized spacial score (nSPS) is 23.5. The number of hydrogen-bond acceptors (Lipinski definition) is 6. The fraction of sp³-hybridized carbons (Fsp3) is 0.632. The van der Waals surface area contributed by atoms with E-state index in [1.807, 2.05) is 18.7 Å². The number of aromatic nitrogens is 2. The van der Waals surface area contributed by atoms with Crippen LogP contribution in [0.25, 0.3) is 10.2 Å². The molecule has 7 heteroatoms. The third-order valence-electron chi connectivity index (χ3n) is 5.07. The van der Waals surface area contributed by atoms with Crippen LogP contribution in [0.2, 0.25) is 0 Å². The molecule has 1 aliphatic heterocycles. The minimum Gasteiger partial charge on any atom is -0.467 e. The van der Waals surface area contributed by atoms with Crippen LogP contribution in [0.15, 0.2) is 6.33 Å². The van der Waals surface area contributed by atoms with E-state index >= 15 is 0 Å². The summed E-state index contributed by atoms with van der Waals surface area (Å²) in [4.78, 5) is 25.6. The predicted octanol–water partition coefficient (Wildman–Crippen LogP) is 2.97. The van der Waals surface area contributed by atoms with Gasteiger partial charge in [-0.3, -0.25) is 4.79 Å². The Bertz CT molecular complexity index is 797. The highest BCUT2D eigenvalue weighted by molar-refractivity contribution is 7.18. The first-order valence-electron chi connectivity index (χ1n) is 9.43. The molecule has 0 spiro atoms. The molecule has 1 fully saturated rings. The van der Waals surface area contributed by atoms with Crippen LogP contribution in [0.4, 0.5) is 0 Å². The highest BCUT2D eigenvalue weighted by Crippen LogP contribution is 2.38. The number of morpholine rings is 1. The van der Waals surface area contributed by atoms with Gasteiger partial charge in [0.1, 0.15) is 11.2 Å². The summed E-state index contributed by atoms with van der Waals surface area (Å²) >= 11 is 1.75. The molecule has 26 heavy (non-hydrogen) atoms. The van der Waals surface area contributed by atoms with Gasteiger partial charge in [-0.1, -0.05) is 6.42 Å². The molecule has 2 aromatic rings. The smallest absolute Gasteiger partial charge is 0.260 e. The van der Waals surface area contributed by atoms with Crippen molar-refractivity contribution in [3.63, 3.8) is 0 Å². The molecule has 1 saturated heterocycles. The van der Waals surface area contributed by atoms with E-state index in [1.165, 1.54) is 36.0 Å². The number of thiophene rings is 1. The number of rotatable bonds is 3. The molecule has 140 valence electrons. The molecule has 0 aromatic carbocycles. The zero-order valence-corrected chi connectivity index (χ0v) is 16.2. The lowest BCUT2D eigenvalue weighted by molar-refractivity contribution is -0.145. The maximum absolute atomic E-state index is 12.6. The van der Waals surface area contributed by atoms with Crippen molar-refractivity contribution in [2.24, 2.45) is 0 Å².